The van der Waals surface area contributed by atoms with Crippen molar-refractivity contribution in [2.75, 3.05) is 0 Å². The Kier molecular flexibility index (Phi) is 2.38. The highest BCUT2D eigenvalue weighted by Gasteiger charge is 2.06. The fourth-order valence-corrected chi connectivity index (χ4v) is 0.778. The molecule has 0 aliphatic rings. The molecule has 0 atom stereocenters. The van der Waals surface area contributed by atoms with Gasteiger partial charge in [0, 0.05) is 24.3 Å². The summed E-state index contributed by atoms with van der Waals surface area (Å²) in [7, 11) is 0. The van der Waals surface area contributed by atoms with Crippen LogP contribution < -0.4 is 0 Å². The van der Waals surface area contributed by atoms with Gasteiger partial charge in [0.15, 0.2) is 0 Å². The Labute approximate surface area is 69.4 Å². The van der Waals surface area contributed by atoms with E-state index in [1.807, 2.05) is 0 Å². The van der Waals surface area contributed by atoms with Crippen molar-refractivity contribution < 1.29 is 4.92 Å². The Balaban J connectivity index is 2.98. The Morgan fingerprint density at radius 3 is 2.42 bits per heavy atom. The minimum atomic E-state index is -0.441. The Bertz CT molecular complexity index is 346. The van der Waals surface area contributed by atoms with Gasteiger partial charge in [-0.25, -0.2) is 0 Å². The molecule has 0 N–H and O–H groups in total. The number of hydrogen-bond donors (Lipinski definition) is 0. The van der Waals surface area contributed by atoms with Gasteiger partial charge in [-0.1, -0.05) is 0 Å². The molecule has 0 aliphatic carbocycles. The van der Waals surface area contributed by atoms with Crippen LogP contribution in [-0.2, 0) is 0 Å². The van der Waals surface area contributed by atoms with Gasteiger partial charge >= 0.3 is 5.69 Å². The van der Waals surface area contributed by atoms with Crippen LogP contribution in [0.4, 0.5) is 11.4 Å². The molecule has 0 amide bonds. The molecule has 0 radical (unpaired) electrons. The van der Waals surface area contributed by atoms with Crippen molar-refractivity contribution in [1.82, 2.24) is 0 Å². The SMILES string of the molecule is CC#[N+]c1ccc([N+](=O)[O-])cc1. The van der Waals surface area contributed by atoms with Crippen LogP contribution in [-0.4, -0.2) is 4.92 Å². The minimum absolute atomic E-state index is 0.0741. The number of non-ortho nitro benzene ring substituents is 1. The first kappa shape index (κ1) is 8.21. The van der Waals surface area contributed by atoms with Crippen molar-refractivity contribution in [3.8, 4) is 6.07 Å². The van der Waals surface area contributed by atoms with Crippen LogP contribution in [0.1, 0.15) is 6.92 Å². The molecule has 1 rings (SSSR count). The van der Waals surface area contributed by atoms with Gasteiger partial charge in [0.1, 0.15) is 0 Å². The molecule has 0 bridgehead atoms. The lowest BCUT2D eigenvalue weighted by atomic mass is 10.3. The maximum Gasteiger partial charge on any atom is 0.340 e. The summed E-state index contributed by atoms with van der Waals surface area (Å²) < 4.78 is 0. The molecule has 4 heteroatoms. The second kappa shape index (κ2) is 3.49. The van der Waals surface area contributed by atoms with E-state index in [4.69, 9.17) is 0 Å². The van der Waals surface area contributed by atoms with Crippen molar-refractivity contribution in [3.05, 3.63) is 39.2 Å². The summed E-state index contributed by atoms with van der Waals surface area (Å²) in [6, 6.07) is 8.57. The average Bonchev–Trinajstić information content (AvgIpc) is 2.06. The predicted octanol–water partition coefficient (Wildman–Crippen LogP) is 2.58. The van der Waals surface area contributed by atoms with Gasteiger partial charge in [0.25, 0.3) is 11.8 Å². The van der Waals surface area contributed by atoms with Gasteiger partial charge in [-0.3, -0.25) is 10.1 Å². The van der Waals surface area contributed by atoms with Crippen LogP contribution in [0.15, 0.2) is 24.3 Å². The van der Waals surface area contributed by atoms with E-state index in [-0.39, 0.29) is 5.69 Å². The van der Waals surface area contributed by atoms with Gasteiger partial charge in [0.2, 0.25) is 0 Å². The van der Waals surface area contributed by atoms with E-state index < -0.39 is 4.92 Å². The van der Waals surface area contributed by atoms with E-state index in [2.05, 4.69) is 10.9 Å². The van der Waals surface area contributed by atoms with Crippen molar-refractivity contribution in [1.29, 1.82) is 0 Å². The van der Waals surface area contributed by atoms with Crippen LogP contribution in [0.25, 0.3) is 4.85 Å². The molecular weight excluding hydrogens is 156 g/mol. The number of nitrogens with zero attached hydrogens (tertiary/aromatic N) is 2. The summed E-state index contributed by atoms with van der Waals surface area (Å²) in [6.45, 7) is 1.67. The third-order valence-corrected chi connectivity index (χ3v) is 1.30. The van der Waals surface area contributed by atoms with Gasteiger partial charge in [-0.15, -0.1) is 0 Å². The van der Waals surface area contributed by atoms with Gasteiger partial charge in [-0.05, 0) is 4.85 Å². The number of nitro groups is 1. The molecule has 4 nitrogen and oxygen atoms in total. The van der Waals surface area contributed by atoms with Crippen LogP contribution in [0, 0.1) is 16.2 Å². The molecule has 12 heavy (non-hydrogen) atoms. The summed E-state index contributed by atoms with van der Waals surface area (Å²) >= 11 is 0. The van der Waals surface area contributed by atoms with E-state index in [0.717, 1.165) is 0 Å². The highest BCUT2D eigenvalue weighted by molar-refractivity contribution is 5.50. The van der Waals surface area contributed by atoms with Crippen LogP contribution >= 0.6 is 0 Å². The summed E-state index contributed by atoms with van der Waals surface area (Å²) in [5.41, 5.74) is 0.744. The lowest BCUT2D eigenvalue weighted by molar-refractivity contribution is -0.384. The van der Waals surface area contributed by atoms with E-state index in [0.29, 0.717) is 5.69 Å². The maximum absolute atomic E-state index is 10.2. The van der Waals surface area contributed by atoms with E-state index in [1.165, 1.54) is 12.1 Å². The molecule has 0 aromatic heterocycles. The molecular formula is C8H7N2O2+. The zero-order valence-corrected chi connectivity index (χ0v) is 6.52. The second-order valence-electron chi connectivity index (χ2n) is 2.11. The van der Waals surface area contributed by atoms with Crippen molar-refractivity contribution in [3.63, 3.8) is 0 Å². The van der Waals surface area contributed by atoms with Crippen molar-refractivity contribution in [2.24, 2.45) is 0 Å². The smallest absolute Gasteiger partial charge is 0.258 e. The topological polar surface area (TPSA) is 47.5 Å². The second-order valence-corrected chi connectivity index (χ2v) is 2.11. The molecule has 1 aromatic rings. The number of benzene rings is 1. The van der Waals surface area contributed by atoms with Gasteiger partial charge in [-0.2, -0.15) is 0 Å². The van der Waals surface area contributed by atoms with Crippen LogP contribution in [0.3, 0.4) is 0 Å². The molecule has 0 unspecified atom stereocenters. The molecule has 0 spiro atoms. The lowest BCUT2D eigenvalue weighted by Crippen LogP contribution is -1.85. The maximum atomic E-state index is 10.2. The molecule has 60 valence electrons. The van der Waals surface area contributed by atoms with Crippen LogP contribution in [0.2, 0.25) is 0 Å². The fraction of sp³-hybridized carbons (Fsp3) is 0.125. The molecule has 0 saturated heterocycles. The van der Waals surface area contributed by atoms with Crippen molar-refractivity contribution in [2.45, 2.75) is 6.92 Å². The van der Waals surface area contributed by atoms with Crippen LogP contribution in [0.5, 0.6) is 0 Å². The minimum Gasteiger partial charge on any atom is -0.258 e. The zero-order valence-electron chi connectivity index (χ0n) is 6.52. The first-order chi connectivity index (χ1) is 5.74. The molecule has 0 fully saturated rings. The first-order valence-corrected chi connectivity index (χ1v) is 3.36. The highest BCUT2D eigenvalue weighted by Crippen LogP contribution is 2.17. The number of rotatable bonds is 1. The third-order valence-electron chi connectivity index (χ3n) is 1.30. The van der Waals surface area contributed by atoms with E-state index >= 15 is 0 Å². The van der Waals surface area contributed by atoms with E-state index in [1.54, 1.807) is 19.1 Å². The fourth-order valence-electron chi connectivity index (χ4n) is 0.778. The Morgan fingerprint density at radius 1 is 1.42 bits per heavy atom. The Morgan fingerprint density at radius 2 is 2.00 bits per heavy atom. The Hall–Kier alpha value is -1.89. The normalized spacial score (nSPS) is 8.42. The molecule has 0 aliphatic heterocycles. The number of hydrogen-bond acceptors (Lipinski definition) is 2. The zero-order chi connectivity index (χ0) is 8.97. The highest BCUT2D eigenvalue weighted by atomic mass is 16.6. The lowest BCUT2D eigenvalue weighted by Gasteiger charge is -1.85. The monoisotopic (exact) mass is 163 g/mol. The molecule has 0 saturated carbocycles. The summed E-state index contributed by atoms with van der Waals surface area (Å²) in [5.74, 6) is 0. The predicted molar refractivity (Wildman–Crippen MR) is 45.7 cm³/mol. The molecule has 0 heterocycles. The summed E-state index contributed by atoms with van der Waals surface area (Å²) in [6.07, 6.45) is 0. The van der Waals surface area contributed by atoms with E-state index in [9.17, 15) is 10.1 Å². The third kappa shape index (κ3) is 1.80. The van der Waals surface area contributed by atoms with Gasteiger partial charge in [0.05, 0.1) is 11.8 Å². The largest absolute Gasteiger partial charge is 0.340 e. The number of nitro benzene ring substituents is 1. The summed E-state index contributed by atoms with van der Waals surface area (Å²) in [4.78, 5) is 13.6. The standard InChI is InChI=1S/C8H7N2O2/c1-2-9-7-3-5-8(6-4-7)10(11)12/h3-6H,1H3/q+1. The summed E-state index contributed by atoms with van der Waals surface area (Å²) in [5, 5.41) is 10.2. The quantitative estimate of drug-likeness (QED) is 0.471. The van der Waals surface area contributed by atoms with Crippen molar-refractivity contribution >= 4 is 11.4 Å². The molecule has 1 aromatic carbocycles. The average molecular weight is 163 g/mol. The van der Waals surface area contributed by atoms with Gasteiger partial charge < -0.3 is 0 Å². The first-order valence-electron chi connectivity index (χ1n) is 3.36.